The highest BCUT2D eigenvalue weighted by Gasteiger charge is 2.26. The number of benzene rings is 1. The van der Waals surface area contributed by atoms with Crippen molar-refractivity contribution in [2.45, 2.75) is 51.7 Å². The molecule has 0 radical (unpaired) electrons. The van der Waals surface area contributed by atoms with Crippen LogP contribution in [0.15, 0.2) is 30.5 Å². The van der Waals surface area contributed by atoms with Gasteiger partial charge in [0.2, 0.25) is 8.32 Å². The number of hydrogen-bond acceptors (Lipinski definition) is 3. The standard InChI is InChI=1S/C17H28N2O2Si2/c1-22(2,3)19-12-13(14-9-7-8-10-16(14)19)11-15(18)17(20)21-23(4,5)6/h7-10,12,15H,11,18H2,1-6H3. The maximum absolute atomic E-state index is 12.2. The molecule has 0 aliphatic rings. The van der Waals surface area contributed by atoms with Crippen LogP contribution in [0.2, 0.25) is 39.3 Å². The van der Waals surface area contributed by atoms with Crippen molar-refractivity contribution in [2.75, 3.05) is 0 Å². The van der Waals surface area contributed by atoms with Crippen LogP contribution in [-0.4, -0.2) is 32.8 Å². The number of para-hydroxylation sites is 1. The number of carbonyl (C=O) groups excluding carboxylic acids is 1. The number of fused-ring (bicyclic) bond motifs is 1. The van der Waals surface area contributed by atoms with Gasteiger partial charge in [0.1, 0.15) is 6.04 Å². The van der Waals surface area contributed by atoms with Crippen molar-refractivity contribution in [3.63, 3.8) is 0 Å². The first-order valence-corrected chi connectivity index (χ1v) is 14.9. The molecular weight excluding hydrogens is 320 g/mol. The predicted molar refractivity (Wildman–Crippen MR) is 102 cm³/mol. The van der Waals surface area contributed by atoms with Gasteiger partial charge in [-0.15, -0.1) is 0 Å². The third kappa shape index (κ3) is 4.33. The minimum absolute atomic E-state index is 0.283. The molecule has 126 valence electrons. The number of rotatable bonds is 5. The highest BCUT2D eigenvalue weighted by Crippen LogP contribution is 2.26. The molecule has 1 heterocycles. The molecule has 1 aromatic heterocycles. The van der Waals surface area contributed by atoms with Gasteiger partial charge in [0.05, 0.1) is 0 Å². The van der Waals surface area contributed by atoms with Crippen molar-refractivity contribution in [1.82, 2.24) is 4.23 Å². The Morgan fingerprint density at radius 1 is 1.17 bits per heavy atom. The molecule has 0 spiro atoms. The van der Waals surface area contributed by atoms with E-state index in [1.165, 1.54) is 10.9 Å². The van der Waals surface area contributed by atoms with Crippen LogP contribution in [0.3, 0.4) is 0 Å². The zero-order valence-electron chi connectivity index (χ0n) is 15.0. The first-order chi connectivity index (χ1) is 10.5. The van der Waals surface area contributed by atoms with Crippen molar-refractivity contribution >= 4 is 33.4 Å². The highest BCUT2D eigenvalue weighted by molar-refractivity contribution is 6.75. The summed E-state index contributed by atoms with van der Waals surface area (Å²) in [4.78, 5) is 12.2. The molecule has 0 aliphatic carbocycles. The van der Waals surface area contributed by atoms with Crippen LogP contribution in [0, 0.1) is 0 Å². The largest absolute Gasteiger partial charge is 0.519 e. The van der Waals surface area contributed by atoms with E-state index < -0.39 is 22.6 Å². The quantitative estimate of drug-likeness (QED) is 0.840. The van der Waals surface area contributed by atoms with Gasteiger partial charge in [0, 0.05) is 17.3 Å². The van der Waals surface area contributed by atoms with Gasteiger partial charge in [-0.05, 0) is 37.5 Å². The normalized spacial score (nSPS) is 14.0. The Labute approximate surface area is 140 Å². The molecule has 0 aliphatic heterocycles. The topological polar surface area (TPSA) is 57.2 Å². The summed E-state index contributed by atoms with van der Waals surface area (Å²) in [6.07, 6.45) is 2.69. The van der Waals surface area contributed by atoms with Gasteiger partial charge in [-0.25, -0.2) is 0 Å². The number of nitrogens with two attached hydrogens (primary N) is 1. The first-order valence-electron chi connectivity index (χ1n) is 8.07. The summed E-state index contributed by atoms with van der Waals surface area (Å²) >= 11 is 0. The first kappa shape index (κ1) is 18.0. The Morgan fingerprint density at radius 2 is 1.78 bits per heavy atom. The van der Waals surface area contributed by atoms with Crippen molar-refractivity contribution in [2.24, 2.45) is 5.73 Å². The van der Waals surface area contributed by atoms with Crippen LogP contribution in [0.5, 0.6) is 0 Å². The van der Waals surface area contributed by atoms with E-state index in [2.05, 4.69) is 48.3 Å². The summed E-state index contributed by atoms with van der Waals surface area (Å²) in [6, 6.07) is 7.73. The van der Waals surface area contributed by atoms with Crippen molar-refractivity contribution in [1.29, 1.82) is 0 Å². The van der Waals surface area contributed by atoms with Crippen LogP contribution in [0.4, 0.5) is 0 Å². The Balaban J connectivity index is 2.32. The Hall–Kier alpha value is -1.38. The molecule has 4 nitrogen and oxygen atoms in total. The van der Waals surface area contributed by atoms with Crippen LogP contribution in [-0.2, 0) is 15.6 Å². The molecule has 0 saturated carbocycles. The zero-order valence-corrected chi connectivity index (χ0v) is 17.0. The molecule has 1 unspecified atom stereocenters. The smallest absolute Gasteiger partial charge is 0.309 e. The van der Waals surface area contributed by atoms with E-state index in [9.17, 15) is 4.79 Å². The molecule has 2 N–H and O–H groups in total. The van der Waals surface area contributed by atoms with Gasteiger partial charge in [0.25, 0.3) is 0 Å². The van der Waals surface area contributed by atoms with Gasteiger partial charge < -0.3 is 14.4 Å². The Morgan fingerprint density at radius 3 is 2.35 bits per heavy atom. The zero-order chi connectivity index (χ0) is 17.4. The fraction of sp³-hybridized carbons (Fsp3) is 0.471. The molecule has 1 atom stereocenters. The summed E-state index contributed by atoms with van der Waals surface area (Å²) in [7, 11) is -3.43. The average molecular weight is 349 g/mol. The Kier molecular flexibility index (Phi) is 4.89. The Bertz CT molecular complexity index is 711. The lowest BCUT2D eigenvalue weighted by molar-refractivity contribution is -0.136. The monoisotopic (exact) mass is 348 g/mol. The summed E-state index contributed by atoms with van der Waals surface area (Å²) in [5.41, 5.74) is 8.47. The van der Waals surface area contributed by atoms with E-state index >= 15 is 0 Å². The molecule has 2 rings (SSSR count). The van der Waals surface area contributed by atoms with Crippen LogP contribution in [0.1, 0.15) is 5.56 Å². The number of aromatic nitrogens is 1. The molecule has 0 bridgehead atoms. The van der Waals surface area contributed by atoms with Crippen LogP contribution in [0.25, 0.3) is 10.9 Å². The SMILES string of the molecule is C[Si](C)(C)OC(=O)C(N)Cc1cn([Si](C)(C)C)c2ccccc12. The molecule has 23 heavy (non-hydrogen) atoms. The second-order valence-corrected chi connectivity index (χ2v) is 17.3. The summed E-state index contributed by atoms with van der Waals surface area (Å²) < 4.78 is 7.92. The third-order valence-corrected chi connectivity index (χ3v) is 6.30. The minimum Gasteiger partial charge on any atom is -0.519 e. The lowest BCUT2D eigenvalue weighted by atomic mass is 10.1. The highest BCUT2D eigenvalue weighted by atomic mass is 28.4. The number of nitrogens with zero attached hydrogens (tertiary/aromatic N) is 1. The van der Waals surface area contributed by atoms with Crippen molar-refractivity contribution < 1.29 is 9.22 Å². The van der Waals surface area contributed by atoms with E-state index in [0.717, 1.165) is 5.56 Å². The minimum atomic E-state index is -1.91. The van der Waals surface area contributed by atoms with E-state index in [4.69, 9.17) is 10.2 Å². The van der Waals surface area contributed by atoms with Gasteiger partial charge in [-0.1, -0.05) is 37.8 Å². The predicted octanol–water partition coefficient (Wildman–Crippen LogP) is 3.57. The fourth-order valence-corrected chi connectivity index (χ4v) is 4.88. The molecule has 0 fully saturated rings. The van der Waals surface area contributed by atoms with Gasteiger partial charge >= 0.3 is 5.97 Å². The van der Waals surface area contributed by atoms with Gasteiger partial charge in [0.15, 0.2) is 8.24 Å². The second kappa shape index (κ2) is 6.26. The van der Waals surface area contributed by atoms with Crippen molar-refractivity contribution in [3.05, 3.63) is 36.0 Å². The van der Waals surface area contributed by atoms with E-state index in [-0.39, 0.29) is 5.97 Å². The summed E-state index contributed by atoms with van der Waals surface area (Å²) in [5.74, 6) is -0.283. The van der Waals surface area contributed by atoms with Gasteiger partial charge in [-0.3, -0.25) is 4.79 Å². The molecule has 0 amide bonds. The average Bonchev–Trinajstić information content (AvgIpc) is 2.76. The van der Waals surface area contributed by atoms with Crippen molar-refractivity contribution in [3.8, 4) is 0 Å². The fourth-order valence-electron chi connectivity index (χ4n) is 2.67. The summed E-state index contributed by atoms with van der Waals surface area (Å²) in [5, 5.41) is 1.19. The lowest BCUT2D eigenvalue weighted by Crippen LogP contribution is -2.40. The molecular formula is C17H28N2O2Si2. The summed E-state index contributed by atoms with van der Waals surface area (Å²) in [6.45, 7) is 12.9. The van der Waals surface area contributed by atoms with Gasteiger partial charge in [-0.2, -0.15) is 0 Å². The second-order valence-electron chi connectivity index (χ2n) is 8.06. The lowest BCUT2D eigenvalue weighted by Gasteiger charge is -2.21. The molecule has 0 saturated heterocycles. The van der Waals surface area contributed by atoms with E-state index in [1.54, 1.807) is 0 Å². The number of carbonyl (C=O) groups is 1. The van der Waals surface area contributed by atoms with E-state index in [1.807, 2.05) is 25.7 Å². The molecule has 6 heteroatoms. The number of hydrogen-bond donors (Lipinski definition) is 1. The molecule has 1 aromatic carbocycles. The van der Waals surface area contributed by atoms with E-state index in [0.29, 0.717) is 6.42 Å². The molecule has 2 aromatic rings. The third-order valence-electron chi connectivity index (χ3n) is 3.67. The van der Waals surface area contributed by atoms with Crippen LogP contribution >= 0.6 is 0 Å². The van der Waals surface area contributed by atoms with Crippen LogP contribution < -0.4 is 5.73 Å². The maximum Gasteiger partial charge on any atom is 0.309 e. The maximum atomic E-state index is 12.2.